The van der Waals surface area contributed by atoms with Gasteiger partial charge in [-0.3, -0.25) is 19.4 Å². The number of hydrazine groups is 1. The fraction of sp³-hybridized carbons (Fsp3) is 0.588. The lowest BCUT2D eigenvalue weighted by Crippen LogP contribution is -2.63. The summed E-state index contributed by atoms with van der Waals surface area (Å²) >= 11 is 0. The quantitative estimate of drug-likeness (QED) is 0.353. The molecular weight excluding hydrogens is 574 g/mol. The number of hydrogen-bond donors (Lipinski definition) is 4. The maximum Gasteiger partial charge on any atom is 0.310 e. The molecule has 5 unspecified atom stereocenters. The number of benzene rings is 1. The van der Waals surface area contributed by atoms with Crippen molar-refractivity contribution in [3.63, 3.8) is 0 Å². The van der Waals surface area contributed by atoms with Gasteiger partial charge in [-0.05, 0) is 70.6 Å². The average Bonchev–Trinajstić information content (AvgIpc) is 3.01. The number of aliphatic hydroxyl groups is 1. The molecule has 3 aliphatic rings. The first-order valence-electron chi connectivity index (χ1n) is 16.1. The fourth-order valence-electron chi connectivity index (χ4n) is 6.29. The van der Waals surface area contributed by atoms with E-state index in [1.54, 1.807) is 11.9 Å². The molecule has 0 aliphatic carbocycles. The SMILES string of the molecule is CC1NC(=O)[C@H](C(C)C)OC(=O)[C@@H]2CC(C)(C)OCC2/C=C/c2ccc3ccc(nc3c2)[C@@H](C)NC(=O)C2CCCN(N2)C1O. The summed E-state index contributed by atoms with van der Waals surface area (Å²) in [6.07, 6.45) is 3.49. The van der Waals surface area contributed by atoms with Crippen LogP contribution in [0.25, 0.3) is 17.0 Å². The van der Waals surface area contributed by atoms with Crippen molar-refractivity contribution in [1.82, 2.24) is 26.1 Å². The predicted molar refractivity (Wildman–Crippen MR) is 170 cm³/mol. The monoisotopic (exact) mass is 621 g/mol. The van der Waals surface area contributed by atoms with Crippen LogP contribution in [0.3, 0.4) is 0 Å². The van der Waals surface area contributed by atoms with E-state index in [4.69, 9.17) is 14.5 Å². The number of aromatic nitrogens is 1. The molecule has 11 heteroatoms. The summed E-state index contributed by atoms with van der Waals surface area (Å²) in [6, 6.07) is 8.27. The summed E-state index contributed by atoms with van der Waals surface area (Å²) < 4.78 is 12.0. The number of nitrogens with zero attached hydrogens (tertiary/aromatic N) is 2. The van der Waals surface area contributed by atoms with E-state index in [-0.39, 0.29) is 23.8 Å². The zero-order valence-corrected chi connectivity index (χ0v) is 27.1. The molecule has 4 heterocycles. The second-order valence-electron chi connectivity index (χ2n) is 13.7. The molecule has 2 saturated heterocycles. The van der Waals surface area contributed by atoms with Gasteiger partial charge in [0.1, 0.15) is 12.3 Å². The Morgan fingerprint density at radius 1 is 1.07 bits per heavy atom. The molecule has 5 bridgehead atoms. The molecule has 11 nitrogen and oxygen atoms in total. The van der Waals surface area contributed by atoms with Gasteiger partial charge in [0.2, 0.25) is 5.91 Å². The van der Waals surface area contributed by atoms with Crippen molar-refractivity contribution in [2.24, 2.45) is 17.8 Å². The number of hydrogen-bond acceptors (Lipinski definition) is 9. The van der Waals surface area contributed by atoms with Gasteiger partial charge in [-0.2, -0.15) is 0 Å². The largest absolute Gasteiger partial charge is 0.452 e. The van der Waals surface area contributed by atoms with Gasteiger partial charge in [0.25, 0.3) is 5.91 Å². The first kappa shape index (κ1) is 33.0. The van der Waals surface area contributed by atoms with Crippen molar-refractivity contribution >= 4 is 34.8 Å². The molecule has 45 heavy (non-hydrogen) atoms. The van der Waals surface area contributed by atoms with Crippen LogP contribution in [0.4, 0.5) is 0 Å². The van der Waals surface area contributed by atoms with Crippen LogP contribution in [-0.4, -0.2) is 76.1 Å². The van der Waals surface area contributed by atoms with Crippen molar-refractivity contribution in [2.75, 3.05) is 13.2 Å². The molecule has 1 aromatic carbocycles. The highest BCUT2D eigenvalue weighted by molar-refractivity contribution is 5.85. The van der Waals surface area contributed by atoms with Crippen LogP contribution in [-0.2, 0) is 23.9 Å². The van der Waals surface area contributed by atoms with E-state index >= 15 is 0 Å². The number of pyridine rings is 1. The van der Waals surface area contributed by atoms with Crippen molar-refractivity contribution in [1.29, 1.82) is 0 Å². The van der Waals surface area contributed by atoms with Crippen molar-refractivity contribution in [3.05, 3.63) is 47.7 Å². The van der Waals surface area contributed by atoms with Gasteiger partial charge in [-0.25, -0.2) is 10.4 Å². The van der Waals surface area contributed by atoms with Crippen LogP contribution < -0.4 is 16.1 Å². The topological polar surface area (TPSA) is 142 Å². The lowest BCUT2D eigenvalue weighted by atomic mass is 9.80. The molecule has 2 aromatic rings. The molecule has 0 saturated carbocycles. The minimum Gasteiger partial charge on any atom is -0.452 e. The second-order valence-corrected chi connectivity index (χ2v) is 13.7. The number of esters is 1. The third kappa shape index (κ3) is 7.71. The molecule has 244 valence electrons. The minimum atomic E-state index is -1.12. The van der Waals surface area contributed by atoms with Gasteiger partial charge in [-0.1, -0.05) is 44.2 Å². The van der Waals surface area contributed by atoms with Crippen molar-refractivity contribution < 1.29 is 29.0 Å². The zero-order chi connectivity index (χ0) is 32.5. The van der Waals surface area contributed by atoms with Gasteiger partial charge in [-0.15, -0.1) is 0 Å². The van der Waals surface area contributed by atoms with Gasteiger partial charge >= 0.3 is 5.97 Å². The van der Waals surface area contributed by atoms with E-state index in [1.807, 2.05) is 77.1 Å². The summed E-state index contributed by atoms with van der Waals surface area (Å²) in [7, 11) is 0. The van der Waals surface area contributed by atoms with E-state index in [0.29, 0.717) is 32.4 Å². The Bertz CT molecular complexity index is 1440. The highest BCUT2D eigenvalue weighted by Crippen LogP contribution is 2.35. The van der Waals surface area contributed by atoms with E-state index in [0.717, 1.165) is 22.2 Å². The van der Waals surface area contributed by atoms with Gasteiger partial charge in [0, 0.05) is 17.8 Å². The van der Waals surface area contributed by atoms with E-state index < -0.39 is 47.8 Å². The molecule has 0 radical (unpaired) electrons. The lowest BCUT2D eigenvalue weighted by molar-refractivity contribution is -0.173. The number of amides is 2. The Hall–Kier alpha value is -3.38. The Morgan fingerprint density at radius 3 is 2.58 bits per heavy atom. The number of fused-ring (bicyclic) bond motifs is 5. The van der Waals surface area contributed by atoms with Crippen LogP contribution in [0.2, 0.25) is 0 Å². The molecule has 3 aliphatic heterocycles. The molecule has 0 spiro atoms. The van der Waals surface area contributed by atoms with E-state index in [2.05, 4.69) is 16.1 Å². The molecule has 8 atom stereocenters. The summed E-state index contributed by atoms with van der Waals surface area (Å²) in [5.41, 5.74) is 5.06. The van der Waals surface area contributed by atoms with Crippen molar-refractivity contribution in [3.8, 4) is 0 Å². The number of aliphatic hydroxyl groups excluding tert-OH is 1. The van der Waals surface area contributed by atoms with Crippen LogP contribution in [0.5, 0.6) is 0 Å². The van der Waals surface area contributed by atoms with Gasteiger partial charge in [0.15, 0.2) is 6.10 Å². The second kappa shape index (κ2) is 13.5. The highest BCUT2D eigenvalue weighted by atomic mass is 16.6. The number of cyclic esters (lactones) is 1. The number of rotatable bonds is 1. The van der Waals surface area contributed by atoms with Gasteiger partial charge < -0.3 is 25.2 Å². The van der Waals surface area contributed by atoms with Gasteiger partial charge in [0.05, 0.1) is 41.4 Å². The maximum atomic E-state index is 13.7. The maximum absolute atomic E-state index is 13.7. The summed E-state index contributed by atoms with van der Waals surface area (Å²) in [5, 5.41) is 19.6. The summed E-state index contributed by atoms with van der Waals surface area (Å²) in [5.74, 6) is -2.20. The molecule has 2 fully saturated rings. The molecule has 1 aromatic heterocycles. The minimum absolute atomic E-state index is 0.198. The van der Waals surface area contributed by atoms with E-state index in [9.17, 15) is 19.5 Å². The normalized spacial score (nSPS) is 33.8. The molecule has 2 amide bonds. The first-order valence-corrected chi connectivity index (χ1v) is 16.1. The smallest absolute Gasteiger partial charge is 0.310 e. The Kier molecular flexibility index (Phi) is 9.93. The first-order chi connectivity index (χ1) is 21.3. The van der Waals surface area contributed by atoms with Crippen LogP contribution in [0.1, 0.15) is 78.1 Å². The summed E-state index contributed by atoms with van der Waals surface area (Å²) in [4.78, 5) is 45.3. The standard InChI is InChI=1S/C34H47N5O6/c1-19(2)29-31(41)36-21(4)32(42)39-15-7-8-27(38-39)30(40)35-20(3)26-14-13-23-11-9-22(16-28(23)37-26)10-12-24-18-44-34(5,6)17-25(24)33(43)45-29/h9-14,16,19-21,24-25,27,29,32,38,42H,7-8,15,17-18H2,1-6H3,(H,35,40)(H,36,41)/b12-10+/t20-,21?,24?,25-,27?,29+,32?/m1/s1. The number of ether oxygens (including phenoxy) is 2. The molecule has 5 rings (SSSR count). The highest BCUT2D eigenvalue weighted by Gasteiger charge is 2.42. The average molecular weight is 622 g/mol. The molecular formula is C34H47N5O6. The predicted octanol–water partition coefficient (Wildman–Crippen LogP) is 3.23. The van der Waals surface area contributed by atoms with Crippen LogP contribution >= 0.6 is 0 Å². The summed E-state index contributed by atoms with van der Waals surface area (Å²) in [6.45, 7) is 12.0. The Balaban J connectivity index is 1.50. The molecule has 4 N–H and O–H groups in total. The Labute approximate surface area is 265 Å². The third-order valence-corrected chi connectivity index (χ3v) is 9.05. The Morgan fingerprint density at radius 2 is 1.82 bits per heavy atom. The zero-order valence-electron chi connectivity index (χ0n) is 27.1. The number of carbonyl (C=O) groups excluding carboxylic acids is 3. The fourth-order valence-corrected chi connectivity index (χ4v) is 6.29. The number of nitrogens with one attached hydrogen (secondary N) is 3. The van der Waals surface area contributed by atoms with Crippen LogP contribution in [0.15, 0.2) is 36.4 Å². The van der Waals surface area contributed by atoms with Crippen LogP contribution in [0, 0.1) is 17.8 Å². The van der Waals surface area contributed by atoms with Crippen molar-refractivity contribution in [2.45, 2.75) is 96.9 Å². The third-order valence-electron chi connectivity index (χ3n) is 9.05. The van der Waals surface area contributed by atoms with E-state index in [1.165, 1.54) is 0 Å². The number of carbonyl (C=O) groups is 3. The lowest BCUT2D eigenvalue weighted by Gasteiger charge is -2.40.